The first-order valence-corrected chi connectivity index (χ1v) is 9.41. The standard InChI is InChI=1S/C22H16F4N4O2/c1-12-10-13(2)30(29-12)21-18(28-20(32-21)14-6-4-3-5-7-14)19(31)27-17-11-15(22(24,25)26)8-9-16(17)23/h3-11H,1-2H3,(H,27,31). The summed E-state index contributed by atoms with van der Waals surface area (Å²) in [5, 5.41) is 6.44. The Bertz CT molecular complexity index is 1290. The van der Waals surface area contributed by atoms with Gasteiger partial charge in [-0.15, -0.1) is 0 Å². The number of oxazole rings is 1. The maximum atomic E-state index is 14.2. The van der Waals surface area contributed by atoms with Crippen LogP contribution in [0.5, 0.6) is 0 Å². The first-order valence-electron chi connectivity index (χ1n) is 9.41. The highest BCUT2D eigenvalue weighted by atomic mass is 19.4. The molecule has 2 heterocycles. The lowest BCUT2D eigenvalue weighted by Gasteiger charge is -2.10. The van der Waals surface area contributed by atoms with Crippen LogP contribution >= 0.6 is 0 Å². The number of carbonyl (C=O) groups excluding carboxylic acids is 1. The molecule has 6 nitrogen and oxygen atoms in total. The summed E-state index contributed by atoms with van der Waals surface area (Å²) in [5.41, 5.74) is -0.133. The number of rotatable bonds is 4. The fraction of sp³-hybridized carbons (Fsp3) is 0.136. The molecule has 0 bridgehead atoms. The monoisotopic (exact) mass is 444 g/mol. The SMILES string of the molecule is Cc1cc(C)n(-c2oc(-c3ccccc3)nc2C(=O)Nc2cc(C(F)(F)F)ccc2F)n1. The highest BCUT2D eigenvalue weighted by molar-refractivity contribution is 6.05. The molecule has 2 aromatic carbocycles. The van der Waals surface area contributed by atoms with Crippen molar-refractivity contribution in [3.63, 3.8) is 0 Å². The van der Waals surface area contributed by atoms with Crippen molar-refractivity contribution in [2.24, 2.45) is 0 Å². The van der Waals surface area contributed by atoms with Crippen molar-refractivity contribution in [3.8, 4) is 17.3 Å². The number of halogens is 4. The molecule has 2 aromatic heterocycles. The second-order valence-corrected chi connectivity index (χ2v) is 7.02. The van der Waals surface area contributed by atoms with Gasteiger partial charge in [0.1, 0.15) is 5.82 Å². The molecule has 0 unspecified atom stereocenters. The van der Waals surface area contributed by atoms with Gasteiger partial charge in [0.15, 0.2) is 5.69 Å². The lowest BCUT2D eigenvalue weighted by atomic mass is 10.2. The minimum absolute atomic E-state index is 0.0423. The largest absolute Gasteiger partial charge is 0.417 e. The zero-order chi connectivity index (χ0) is 23.0. The Kier molecular flexibility index (Phi) is 5.29. The summed E-state index contributed by atoms with van der Waals surface area (Å²) in [4.78, 5) is 17.2. The number of nitrogens with one attached hydrogen (secondary N) is 1. The minimum Gasteiger partial charge on any atom is -0.417 e. The van der Waals surface area contributed by atoms with Crippen LogP contribution in [-0.4, -0.2) is 20.7 Å². The van der Waals surface area contributed by atoms with Gasteiger partial charge in [0, 0.05) is 11.3 Å². The third-order valence-corrected chi connectivity index (χ3v) is 4.59. The Morgan fingerprint density at radius 1 is 1.06 bits per heavy atom. The van der Waals surface area contributed by atoms with Crippen molar-refractivity contribution < 1.29 is 26.8 Å². The molecular weight excluding hydrogens is 428 g/mol. The molecule has 0 aliphatic heterocycles. The van der Waals surface area contributed by atoms with Crippen molar-refractivity contribution in [1.82, 2.24) is 14.8 Å². The summed E-state index contributed by atoms with van der Waals surface area (Å²) >= 11 is 0. The Labute approximate surface area is 179 Å². The normalized spacial score (nSPS) is 11.6. The third-order valence-electron chi connectivity index (χ3n) is 4.59. The van der Waals surface area contributed by atoms with Gasteiger partial charge in [-0.2, -0.15) is 18.3 Å². The molecule has 4 aromatic rings. The van der Waals surface area contributed by atoms with E-state index in [1.807, 2.05) is 0 Å². The summed E-state index contributed by atoms with van der Waals surface area (Å²) in [6.07, 6.45) is -4.70. The maximum Gasteiger partial charge on any atom is 0.416 e. The molecule has 1 amide bonds. The van der Waals surface area contributed by atoms with Crippen molar-refractivity contribution in [2.75, 3.05) is 5.32 Å². The zero-order valence-corrected chi connectivity index (χ0v) is 16.9. The molecule has 0 atom stereocenters. The molecule has 4 rings (SSSR count). The van der Waals surface area contributed by atoms with E-state index >= 15 is 0 Å². The van der Waals surface area contributed by atoms with Crippen molar-refractivity contribution >= 4 is 11.6 Å². The topological polar surface area (TPSA) is 73.0 Å². The summed E-state index contributed by atoms with van der Waals surface area (Å²) in [7, 11) is 0. The van der Waals surface area contributed by atoms with Gasteiger partial charge in [0.2, 0.25) is 5.89 Å². The van der Waals surface area contributed by atoms with Gasteiger partial charge in [0.25, 0.3) is 11.8 Å². The number of nitrogens with zero attached hydrogens (tertiary/aromatic N) is 3. The summed E-state index contributed by atoms with van der Waals surface area (Å²) in [5.74, 6) is -1.91. The number of carbonyl (C=O) groups is 1. The fourth-order valence-electron chi connectivity index (χ4n) is 3.12. The van der Waals surface area contributed by atoms with Crippen LogP contribution in [0.2, 0.25) is 0 Å². The van der Waals surface area contributed by atoms with Crippen molar-refractivity contribution in [1.29, 1.82) is 0 Å². The van der Waals surface area contributed by atoms with E-state index in [1.165, 1.54) is 4.68 Å². The quantitative estimate of drug-likeness (QED) is 0.419. The molecule has 0 spiro atoms. The number of alkyl halides is 3. The zero-order valence-electron chi connectivity index (χ0n) is 16.9. The Hall–Kier alpha value is -3.95. The molecule has 0 aliphatic carbocycles. The van der Waals surface area contributed by atoms with Gasteiger partial charge in [-0.1, -0.05) is 18.2 Å². The molecule has 0 aliphatic rings. The number of aryl methyl sites for hydroxylation is 2. The van der Waals surface area contributed by atoms with Gasteiger partial charge in [-0.3, -0.25) is 4.79 Å². The van der Waals surface area contributed by atoms with Crippen molar-refractivity contribution in [3.05, 3.63) is 83.1 Å². The lowest BCUT2D eigenvalue weighted by Crippen LogP contribution is -2.17. The number of anilines is 1. The fourth-order valence-corrected chi connectivity index (χ4v) is 3.12. The number of hydrogen-bond donors (Lipinski definition) is 1. The van der Waals surface area contributed by atoms with E-state index in [-0.39, 0.29) is 17.5 Å². The number of aromatic nitrogens is 3. The molecule has 32 heavy (non-hydrogen) atoms. The van der Waals surface area contributed by atoms with E-state index in [0.29, 0.717) is 35.2 Å². The van der Waals surface area contributed by atoms with Crippen LogP contribution in [-0.2, 0) is 6.18 Å². The number of benzene rings is 2. The van der Waals surface area contributed by atoms with Crippen LogP contribution in [0.4, 0.5) is 23.2 Å². The summed E-state index contributed by atoms with van der Waals surface area (Å²) in [6, 6.07) is 12.2. The number of hydrogen-bond acceptors (Lipinski definition) is 4. The molecule has 0 saturated heterocycles. The van der Waals surface area contributed by atoms with Crippen molar-refractivity contribution in [2.45, 2.75) is 20.0 Å². The average molecular weight is 444 g/mol. The van der Waals surface area contributed by atoms with Crippen LogP contribution in [0.3, 0.4) is 0 Å². The van der Waals surface area contributed by atoms with Crippen LogP contribution in [0.25, 0.3) is 17.3 Å². The lowest BCUT2D eigenvalue weighted by molar-refractivity contribution is -0.137. The molecule has 10 heteroatoms. The highest BCUT2D eigenvalue weighted by Crippen LogP contribution is 2.32. The molecule has 0 saturated carbocycles. The Morgan fingerprint density at radius 2 is 1.78 bits per heavy atom. The number of amides is 1. The van der Waals surface area contributed by atoms with E-state index in [0.717, 1.165) is 0 Å². The predicted octanol–water partition coefficient (Wildman–Crippen LogP) is 5.55. The maximum absolute atomic E-state index is 14.2. The highest BCUT2D eigenvalue weighted by Gasteiger charge is 2.32. The molecule has 1 N–H and O–H groups in total. The third kappa shape index (κ3) is 4.11. The molecule has 0 radical (unpaired) electrons. The van der Waals surface area contributed by atoms with Gasteiger partial charge in [0.05, 0.1) is 16.9 Å². The summed E-state index contributed by atoms with van der Waals surface area (Å²) < 4.78 is 60.3. The smallest absolute Gasteiger partial charge is 0.416 e. The Balaban J connectivity index is 1.78. The van der Waals surface area contributed by atoms with Gasteiger partial charge >= 0.3 is 6.18 Å². The van der Waals surface area contributed by atoms with E-state index in [4.69, 9.17) is 4.42 Å². The van der Waals surface area contributed by atoms with E-state index in [9.17, 15) is 22.4 Å². The van der Waals surface area contributed by atoms with Crippen LogP contribution in [0.1, 0.15) is 27.4 Å². The van der Waals surface area contributed by atoms with Gasteiger partial charge < -0.3 is 9.73 Å². The molecule has 0 fully saturated rings. The van der Waals surface area contributed by atoms with E-state index in [2.05, 4.69) is 15.4 Å². The van der Waals surface area contributed by atoms with E-state index < -0.39 is 29.2 Å². The second-order valence-electron chi connectivity index (χ2n) is 7.02. The first-order chi connectivity index (χ1) is 15.1. The van der Waals surface area contributed by atoms with Gasteiger partial charge in [-0.05, 0) is 50.2 Å². The van der Waals surface area contributed by atoms with Crippen LogP contribution in [0, 0.1) is 19.7 Å². The minimum atomic E-state index is -4.70. The average Bonchev–Trinajstić information content (AvgIpc) is 3.32. The summed E-state index contributed by atoms with van der Waals surface area (Å²) in [6.45, 7) is 3.48. The molecule has 164 valence electrons. The van der Waals surface area contributed by atoms with Crippen LogP contribution in [0.15, 0.2) is 59.0 Å². The second kappa shape index (κ2) is 7.95. The predicted molar refractivity (Wildman–Crippen MR) is 108 cm³/mol. The van der Waals surface area contributed by atoms with E-state index in [1.54, 1.807) is 50.2 Å². The first kappa shape index (κ1) is 21.3. The molecular formula is C22H16F4N4O2. The van der Waals surface area contributed by atoms with Gasteiger partial charge in [-0.25, -0.2) is 14.1 Å². The van der Waals surface area contributed by atoms with Crippen LogP contribution < -0.4 is 5.32 Å². The Morgan fingerprint density at radius 3 is 2.41 bits per heavy atom.